The zero-order chi connectivity index (χ0) is 17.6. The molecule has 2 aliphatic rings. The Morgan fingerprint density at radius 2 is 1.75 bits per heavy atom. The fraction of sp³-hybridized carbons (Fsp3) is 0.632. The van der Waals surface area contributed by atoms with Gasteiger partial charge >= 0.3 is 0 Å². The SMILES string of the molecule is CC1(C)CCN(C(=O)C2(S(C)(=O)=O)CCC2)CC1c1ccccc1. The summed E-state index contributed by atoms with van der Waals surface area (Å²) in [5.41, 5.74) is 1.32. The summed E-state index contributed by atoms with van der Waals surface area (Å²) in [5, 5.41) is 0. The van der Waals surface area contributed by atoms with Gasteiger partial charge in [0.25, 0.3) is 0 Å². The van der Waals surface area contributed by atoms with Gasteiger partial charge in [-0.25, -0.2) is 8.42 Å². The highest BCUT2D eigenvalue weighted by Gasteiger charge is 2.55. The molecular formula is C19H27NO3S. The highest BCUT2D eigenvalue weighted by atomic mass is 32.2. The van der Waals surface area contributed by atoms with E-state index < -0.39 is 14.6 Å². The number of rotatable bonds is 3. The summed E-state index contributed by atoms with van der Waals surface area (Å²) < 4.78 is 23.3. The maximum Gasteiger partial charge on any atom is 0.244 e. The smallest absolute Gasteiger partial charge is 0.244 e. The Bertz CT molecular complexity index is 720. The molecule has 1 heterocycles. The summed E-state index contributed by atoms with van der Waals surface area (Å²) in [6.07, 6.45) is 3.87. The van der Waals surface area contributed by atoms with Crippen LogP contribution in [-0.4, -0.2) is 43.3 Å². The van der Waals surface area contributed by atoms with E-state index in [1.807, 2.05) is 23.1 Å². The van der Waals surface area contributed by atoms with Crippen LogP contribution in [0.15, 0.2) is 30.3 Å². The molecule has 1 aliphatic carbocycles. The van der Waals surface area contributed by atoms with Crippen LogP contribution >= 0.6 is 0 Å². The lowest BCUT2D eigenvalue weighted by molar-refractivity contribution is -0.139. The molecule has 0 radical (unpaired) electrons. The summed E-state index contributed by atoms with van der Waals surface area (Å²) >= 11 is 0. The van der Waals surface area contributed by atoms with Crippen LogP contribution in [0, 0.1) is 5.41 Å². The Morgan fingerprint density at radius 3 is 2.25 bits per heavy atom. The monoisotopic (exact) mass is 349 g/mol. The normalized spacial score (nSPS) is 25.8. The third-order valence-electron chi connectivity index (χ3n) is 6.12. The van der Waals surface area contributed by atoms with E-state index in [2.05, 4.69) is 26.0 Å². The van der Waals surface area contributed by atoms with Gasteiger partial charge in [0.1, 0.15) is 0 Å². The minimum Gasteiger partial charge on any atom is -0.341 e. The standard InChI is InChI=1S/C19H27NO3S/c1-18(2)12-13-20(14-16(18)15-8-5-4-6-9-15)17(21)19(10-7-11-19)24(3,22)23/h4-6,8-9,16H,7,10-14H2,1-3H3. The second kappa shape index (κ2) is 5.87. The number of sulfone groups is 1. The molecule has 0 N–H and O–H groups in total. The molecule has 1 atom stereocenters. The van der Waals surface area contributed by atoms with Crippen molar-refractivity contribution in [1.29, 1.82) is 0 Å². The maximum absolute atomic E-state index is 13.1. The average Bonchev–Trinajstić information content (AvgIpc) is 2.45. The zero-order valence-electron chi connectivity index (χ0n) is 14.8. The summed E-state index contributed by atoms with van der Waals surface area (Å²) in [6.45, 7) is 5.73. The van der Waals surface area contributed by atoms with Gasteiger partial charge in [-0.2, -0.15) is 0 Å². The summed E-state index contributed by atoms with van der Waals surface area (Å²) in [7, 11) is -3.38. The van der Waals surface area contributed by atoms with Crippen molar-refractivity contribution in [2.45, 2.75) is 50.2 Å². The first-order valence-electron chi connectivity index (χ1n) is 8.71. The van der Waals surface area contributed by atoms with Crippen molar-refractivity contribution in [2.24, 2.45) is 5.41 Å². The van der Waals surface area contributed by atoms with E-state index in [4.69, 9.17) is 0 Å². The molecule has 0 spiro atoms. The molecule has 1 aromatic rings. The van der Waals surface area contributed by atoms with Crippen LogP contribution < -0.4 is 0 Å². The lowest BCUT2D eigenvalue weighted by Gasteiger charge is -2.48. The molecule has 24 heavy (non-hydrogen) atoms. The number of hydrogen-bond acceptors (Lipinski definition) is 3. The zero-order valence-corrected chi connectivity index (χ0v) is 15.6. The highest BCUT2D eigenvalue weighted by Crippen LogP contribution is 2.45. The molecule has 1 aliphatic heterocycles. The first-order valence-corrected chi connectivity index (χ1v) is 10.6. The van der Waals surface area contributed by atoms with Gasteiger partial charge in [-0.3, -0.25) is 4.79 Å². The van der Waals surface area contributed by atoms with Crippen molar-refractivity contribution in [2.75, 3.05) is 19.3 Å². The van der Waals surface area contributed by atoms with Crippen molar-refractivity contribution in [3.63, 3.8) is 0 Å². The number of amides is 1. The Labute approximate surface area is 145 Å². The van der Waals surface area contributed by atoms with Gasteiger partial charge in [0.2, 0.25) is 5.91 Å². The Morgan fingerprint density at radius 1 is 1.12 bits per heavy atom. The van der Waals surface area contributed by atoms with Gasteiger partial charge in [-0.15, -0.1) is 0 Å². The van der Waals surface area contributed by atoms with E-state index in [0.717, 1.165) is 12.8 Å². The van der Waals surface area contributed by atoms with Crippen LogP contribution in [-0.2, 0) is 14.6 Å². The number of nitrogens with zero attached hydrogens (tertiary/aromatic N) is 1. The minimum absolute atomic E-state index is 0.0933. The fourth-order valence-electron chi connectivity index (χ4n) is 4.11. The van der Waals surface area contributed by atoms with Gasteiger partial charge in [-0.05, 0) is 36.7 Å². The van der Waals surface area contributed by atoms with Crippen molar-refractivity contribution < 1.29 is 13.2 Å². The molecule has 132 valence electrons. The first kappa shape index (κ1) is 17.5. The second-order valence-electron chi connectivity index (χ2n) is 8.07. The summed E-state index contributed by atoms with van der Waals surface area (Å²) in [4.78, 5) is 14.9. The van der Waals surface area contributed by atoms with Gasteiger partial charge < -0.3 is 4.90 Å². The Balaban J connectivity index is 1.87. The second-order valence-corrected chi connectivity index (χ2v) is 10.4. The van der Waals surface area contributed by atoms with E-state index in [0.29, 0.717) is 25.9 Å². The third kappa shape index (κ3) is 2.77. The summed E-state index contributed by atoms with van der Waals surface area (Å²) in [6, 6.07) is 10.3. The van der Waals surface area contributed by atoms with E-state index in [1.54, 1.807) is 0 Å². The van der Waals surface area contributed by atoms with E-state index in [9.17, 15) is 13.2 Å². The van der Waals surface area contributed by atoms with Crippen LogP contribution in [0.5, 0.6) is 0 Å². The largest absolute Gasteiger partial charge is 0.341 e. The van der Waals surface area contributed by atoms with E-state index in [-0.39, 0.29) is 17.2 Å². The molecule has 0 bridgehead atoms. The predicted octanol–water partition coefficient (Wildman–Crippen LogP) is 3.00. The molecule has 2 fully saturated rings. The molecular weight excluding hydrogens is 322 g/mol. The van der Waals surface area contributed by atoms with Gasteiger partial charge in [0, 0.05) is 25.3 Å². The third-order valence-corrected chi connectivity index (χ3v) is 8.12. The highest BCUT2D eigenvalue weighted by molar-refractivity contribution is 7.93. The molecule has 4 nitrogen and oxygen atoms in total. The van der Waals surface area contributed by atoms with Crippen LogP contribution in [0.3, 0.4) is 0 Å². The Hall–Kier alpha value is -1.36. The number of likely N-dealkylation sites (tertiary alicyclic amines) is 1. The van der Waals surface area contributed by atoms with Crippen molar-refractivity contribution in [1.82, 2.24) is 4.90 Å². The molecule has 3 rings (SSSR count). The lowest BCUT2D eigenvalue weighted by Crippen LogP contribution is -2.60. The van der Waals surface area contributed by atoms with Crippen molar-refractivity contribution >= 4 is 15.7 Å². The summed E-state index contributed by atoms with van der Waals surface area (Å²) in [5.74, 6) is 0.0563. The van der Waals surface area contributed by atoms with Crippen LogP contribution in [0.4, 0.5) is 0 Å². The quantitative estimate of drug-likeness (QED) is 0.843. The predicted molar refractivity (Wildman–Crippen MR) is 95.6 cm³/mol. The number of benzene rings is 1. The van der Waals surface area contributed by atoms with Gasteiger partial charge in [0.05, 0.1) is 0 Å². The minimum atomic E-state index is -3.38. The van der Waals surface area contributed by atoms with Crippen molar-refractivity contribution in [3.8, 4) is 0 Å². The van der Waals surface area contributed by atoms with Gasteiger partial charge in [-0.1, -0.05) is 44.2 Å². The van der Waals surface area contributed by atoms with Crippen LogP contribution in [0.25, 0.3) is 0 Å². The van der Waals surface area contributed by atoms with Gasteiger partial charge in [0.15, 0.2) is 14.6 Å². The molecule has 5 heteroatoms. The molecule has 0 aromatic heterocycles. The molecule has 1 unspecified atom stereocenters. The van der Waals surface area contributed by atoms with E-state index in [1.165, 1.54) is 11.8 Å². The van der Waals surface area contributed by atoms with E-state index >= 15 is 0 Å². The molecule has 1 saturated carbocycles. The van der Waals surface area contributed by atoms with Crippen molar-refractivity contribution in [3.05, 3.63) is 35.9 Å². The maximum atomic E-state index is 13.1. The first-order chi connectivity index (χ1) is 11.2. The molecule has 1 aromatic carbocycles. The number of piperidine rings is 1. The Kier molecular flexibility index (Phi) is 4.27. The number of carbonyl (C=O) groups excluding carboxylic acids is 1. The van der Waals surface area contributed by atoms with Crippen LogP contribution in [0.1, 0.15) is 51.0 Å². The van der Waals surface area contributed by atoms with Crippen LogP contribution in [0.2, 0.25) is 0 Å². The number of hydrogen-bond donors (Lipinski definition) is 0. The average molecular weight is 349 g/mol. The fourth-order valence-corrected chi connectivity index (χ4v) is 5.59. The topological polar surface area (TPSA) is 54.5 Å². The molecule has 1 amide bonds. The lowest BCUT2D eigenvalue weighted by atomic mass is 9.69. The molecule has 1 saturated heterocycles. The number of carbonyl (C=O) groups is 1.